The molecule has 0 fully saturated rings. The number of aromatic hydroxyl groups is 1. The van der Waals surface area contributed by atoms with Gasteiger partial charge >= 0.3 is 5.97 Å². The molecule has 0 atom stereocenters. The number of nitrogens with zero attached hydrogens (tertiary/aromatic N) is 2. The number of carbonyl (C=O) groups excluding carboxylic acids is 1. The maximum Gasteiger partial charge on any atom is 0.344 e. The fourth-order valence-electron chi connectivity index (χ4n) is 2.80. The first-order chi connectivity index (χ1) is 15.3. The van der Waals surface area contributed by atoms with E-state index >= 15 is 0 Å². The van der Waals surface area contributed by atoms with Gasteiger partial charge in [0.1, 0.15) is 16.4 Å². The number of esters is 1. The number of thioether (sulfide) groups is 1. The van der Waals surface area contributed by atoms with Gasteiger partial charge < -0.3 is 19.7 Å². The largest absolute Gasteiger partial charge is 0.506 e. The maximum absolute atomic E-state index is 12.5. The summed E-state index contributed by atoms with van der Waals surface area (Å²) in [4.78, 5) is 27.5. The van der Waals surface area contributed by atoms with Crippen molar-refractivity contribution in [3.05, 3.63) is 74.4 Å². The number of aliphatic hydroxyl groups excluding tert-OH is 1. The van der Waals surface area contributed by atoms with Crippen LogP contribution in [-0.2, 0) is 9.53 Å². The third-order valence-electron chi connectivity index (χ3n) is 4.24. The molecule has 2 aromatic rings. The molecule has 1 heterocycles. The number of aliphatic imine (C=N–C) groups is 1. The van der Waals surface area contributed by atoms with Gasteiger partial charge in [0.05, 0.1) is 28.7 Å². The summed E-state index contributed by atoms with van der Waals surface area (Å²) in [6.45, 7) is 3.91. The van der Waals surface area contributed by atoms with Crippen LogP contribution in [0.2, 0.25) is 0 Å². The molecule has 10 heteroatoms. The summed E-state index contributed by atoms with van der Waals surface area (Å²) >= 11 is 1.05. The smallest absolute Gasteiger partial charge is 0.344 e. The van der Waals surface area contributed by atoms with Crippen LogP contribution < -0.4 is 4.74 Å². The first kappa shape index (κ1) is 22.9. The lowest BCUT2D eigenvalue weighted by Gasteiger charge is -2.07. The number of ether oxygens (including phenoxy) is 2. The second-order valence-corrected chi connectivity index (χ2v) is 7.44. The van der Waals surface area contributed by atoms with Crippen LogP contribution in [-0.4, -0.2) is 39.4 Å². The number of hydrogen-bond donors (Lipinski definition) is 2. The molecule has 0 unspecified atom stereocenters. The van der Waals surface area contributed by atoms with Crippen LogP contribution >= 0.6 is 11.8 Å². The van der Waals surface area contributed by atoms with E-state index < -0.39 is 10.9 Å². The highest BCUT2D eigenvalue weighted by molar-refractivity contribution is 8.18. The highest BCUT2D eigenvalue weighted by Crippen LogP contribution is 2.41. The number of phenolic OH excluding ortho intramolecular Hbond substituents is 1. The van der Waals surface area contributed by atoms with E-state index in [9.17, 15) is 25.1 Å². The summed E-state index contributed by atoms with van der Waals surface area (Å²) in [6.07, 6.45) is 1.62. The van der Waals surface area contributed by atoms with Gasteiger partial charge in [-0.25, -0.2) is 9.79 Å². The number of phenols is 1. The fourth-order valence-corrected chi connectivity index (χ4v) is 3.84. The third-order valence-corrected chi connectivity index (χ3v) is 5.26. The molecule has 1 aliphatic heterocycles. The minimum atomic E-state index is -0.734. The van der Waals surface area contributed by atoms with Crippen LogP contribution in [0.25, 0.3) is 6.08 Å². The van der Waals surface area contributed by atoms with E-state index in [0.717, 1.165) is 11.8 Å². The van der Waals surface area contributed by atoms with Crippen molar-refractivity contribution >= 4 is 40.2 Å². The molecule has 166 valence electrons. The van der Waals surface area contributed by atoms with Gasteiger partial charge in [0.2, 0.25) is 0 Å². The van der Waals surface area contributed by atoms with E-state index in [1.807, 2.05) is 0 Å². The molecule has 2 aromatic carbocycles. The Bertz CT molecular complexity index is 1140. The molecule has 0 saturated heterocycles. The Labute approximate surface area is 187 Å². The lowest BCUT2D eigenvalue weighted by atomic mass is 10.1. The Morgan fingerprint density at radius 2 is 1.88 bits per heavy atom. The minimum absolute atomic E-state index is 0.0134. The molecule has 0 saturated carbocycles. The molecule has 0 spiro atoms. The molecular formula is C22H20N2O7S. The zero-order valence-corrected chi connectivity index (χ0v) is 18.1. The van der Waals surface area contributed by atoms with Gasteiger partial charge in [0.25, 0.3) is 5.69 Å². The lowest BCUT2D eigenvalue weighted by Crippen LogP contribution is -2.12. The van der Waals surface area contributed by atoms with Crippen molar-refractivity contribution < 1.29 is 29.4 Å². The monoisotopic (exact) mass is 456 g/mol. The Kier molecular flexibility index (Phi) is 7.16. The van der Waals surface area contributed by atoms with Crippen molar-refractivity contribution in [2.24, 2.45) is 4.99 Å². The molecule has 32 heavy (non-hydrogen) atoms. The van der Waals surface area contributed by atoms with E-state index in [2.05, 4.69) is 4.99 Å². The van der Waals surface area contributed by atoms with Gasteiger partial charge in [0.15, 0.2) is 11.5 Å². The van der Waals surface area contributed by atoms with Gasteiger partial charge in [-0.15, -0.1) is 0 Å². The summed E-state index contributed by atoms with van der Waals surface area (Å²) in [5.74, 6) is -0.749. The predicted molar refractivity (Wildman–Crippen MR) is 121 cm³/mol. The molecule has 0 radical (unpaired) electrons. The average Bonchev–Trinajstić information content (AvgIpc) is 3.06. The van der Waals surface area contributed by atoms with E-state index in [4.69, 9.17) is 9.47 Å². The molecular weight excluding hydrogens is 436 g/mol. The second kappa shape index (κ2) is 10.0. The summed E-state index contributed by atoms with van der Waals surface area (Å²) in [7, 11) is 0. The molecule has 3 rings (SSSR count). The van der Waals surface area contributed by atoms with Crippen LogP contribution in [0.1, 0.15) is 19.4 Å². The molecule has 0 bridgehead atoms. The normalized spacial score (nSPS) is 15.9. The Morgan fingerprint density at radius 3 is 2.50 bits per heavy atom. The van der Waals surface area contributed by atoms with Crippen molar-refractivity contribution in [3.63, 3.8) is 0 Å². The van der Waals surface area contributed by atoms with Crippen molar-refractivity contribution in [1.82, 2.24) is 0 Å². The number of nitro groups is 1. The minimum Gasteiger partial charge on any atom is -0.506 e. The van der Waals surface area contributed by atoms with E-state index in [1.165, 1.54) is 30.3 Å². The summed E-state index contributed by atoms with van der Waals surface area (Å²) in [5, 5.41) is 31.7. The molecule has 9 nitrogen and oxygen atoms in total. The highest BCUT2D eigenvalue weighted by Gasteiger charge is 2.33. The molecule has 0 aromatic heterocycles. The molecule has 1 aliphatic rings. The van der Waals surface area contributed by atoms with Crippen molar-refractivity contribution in [2.45, 2.75) is 13.8 Å². The van der Waals surface area contributed by atoms with Gasteiger partial charge in [0, 0.05) is 12.1 Å². The number of carbonyl (C=O) groups is 1. The highest BCUT2D eigenvalue weighted by atomic mass is 32.2. The summed E-state index contributed by atoms with van der Waals surface area (Å²) in [5.41, 5.74) is 0.817. The summed E-state index contributed by atoms with van der Waals surface area (Å²) < 4.78 is 10.4. The number of non-ortho nitro benzene ring substituents is 1. The molecule has 2 N–H and O–H groups in total. The molecule has 0 amide bonds. The lowest BCUT2D eigenvalue weighted by molar-refractivity contribution is -0.384. The van der Waals surface area contributed by atoms with Crippen LogP contribution in [0.4, 0.5) is 11.4 Å². The fraction of sp³-hybridized carbons (Fsp3) is 0.182. The quantitative estimate of drug-likeness (QED) is 0.342. The first-order valence-electron chi connectivity index (χ1n) is 9.63. The number of rotatable bonds is 7. The Hall–Kier alpha value is -3.79. The zero-order chi connectivity index (χ0) is 23.3. The van der Waals surface area contributed by atoms with Gasteiger partial charge in [-0.1, -0.05) is 17.8 Å². The Morgan fingerprint density at radius 1 is 1.16 bits per heavy atom. The predicted octanol–water partition coefficient (Wildman–Crippen LogP) is 4.89. The maximum atomic E-state index is 12.5. The SMILES string of the molecule is CCOC(=O)C1=C(O)C(=Cc2ccc(O)c(OCC)c2)SC1=Nc1ccc([N+](=O)[O-])cc1. The summed E-state index contributed by atoms with van der Waals surface area (Å²) in [6, 6.07) is 10.2. The van der Waals surface area contributed by atoms with Gasteiger partial charge in [-0.2, -0.15) is 0 Å². The second-order valence-electron chi connectivity index (χ2n) is 6.41. The topological polar surface area (TPSA) is 131 Å². The van der Waals surface area contributed by atoms with Crippen LogP contribution in [0.3, 0.4) is 0 Å². The van der Waals surface area contributed by atoms with Crippen molar-refractivity contribution in [1.29, 1.82) is 0 Å². The van der Waals surface area contributed by atoms with Gasteiger partial charge in [-0.05, 0) is 49.8 Å². The van der Waals surface area contributed by atoms with Crippen LogP contribution in [0.5, 0.6) is 11.5 Å². The van der Waals surface area contributed by atoms with Crippen LogP contribution in [0, 0.1) is 10.1 Å². The number of aliphatic hydroxyl groups is 1. The van der Waals surface area contributed by atoms with E-state index in [-0.39, 0.29) is 34.4 Å². The average molecular weight is 456 g/mol. The zero-order valence-electron chi connectivity index (χ0n) is 17.3. The van der Waals surface area contributed by atoms with Crippen LogP contribution in [0.15, 0.2) is 63.7 Å². The van der Waals surface area contributed by atoms with E-state index in [1.54, 1.807) is 32.1 Å². The van der Waals surface area contributed by atoms with Gasteiger partial charge in [-0.3, -0.25) is 10.1 Å². The van der Waals surface area contributed by atoms with E-state index in [0.29, 0.717) is 28.5 Å². The first-order valence-corrected chi connectivity index (χ1v) is 10.4. The van der Waals surface area contributed by atoms with Crippen molar-refractivity contribution in [3.8, 4) is 11.5 Å². The third kappa shape index (κ3) is 5.09. The number of nitro benzene ring substituents is 1. The van der Waals surface area contributed by atoms with Crippen molar-refractivity contribution in [2.75, 3.05) is 13.2 Å². The number of benzene rings is 2. The standard InChI is InChI=1S/C22H20N2O7S/c1-3-30-17-11-13(5-10-16(17)25)12-18-20(26)19(22(27)31-4-2)21(32-18)23-14-6-8-15(9-7-14)24(28)29/h5-12,25-26H,3-4H2,1-2H3. The molecule has 0 aliphatic carbocycles. The Balaban J connectivity index is 2.01. The number of hydrogen-bond acceptors (Lipinski definition) is 9.